The van der Waals surface area contributed by atoms with Crippen molar-refractivity contribution in [3.05, 3.63) is 59.9 Å². The Bertz CT molecular complexity index is 856. The molecular formula is C17H11FO3. The molecule has 0 saturated carbocycles. The molecule has 0 heterocycles. The van der Waals surface area contributed by atoms with Gasteiger partial charge in [-0.3, -0.25) is 4.79 Å². The smallest absolute Gasteiger partial charge is 0.165 e. The van der Waals surface area contributed by atoms with E-state index in [4.69, 9.17) is 0 Å². The number of hydrogen-bond acceptors (Lipinski definition) is 3. The third kappa shape index (κ3) is 2.31. The van der Waals surface area contributed by atoms with Crippen LogP contribution in [0, 0.1) is 5.82 Å². The maximum Gasteiger partial charge on any atom is 0.165 e. The summed E-state index contributed by atoms with van der Waals surface area (Å²) in [6, 6.07) is 12.2. The number of carbonyl (C=O) groups is 1. The monoisotopic (exact) mass is 282 g/mol. The lowest BCUT2D eigenvalue weighted by Crippen LogP contribution is -1.88. The van der Waals surface area contributed by atoms with Gasteiger partial charge in [-0.25, -0.2) is 4.39 Å². The highest BCUT2D eigenvalue weighted by molar-refractivity contribution is 6.01. The van der Waals surface area contributed by atoms with Crippen LogP contribution in [0.2, 0.25) is 0 Å². The van der Waals surface area contributed by atoms with E-state index in [1.807, 2.05) is 0 Å². The van der Waals surface area contributed by atoms with Crippen molar-refractivity contribution in [2.24, 2.45) is 0 Å². The predicted molar refractivity (Wildman–Crippen MR) is 78.1 cm³/mol. The van der Waals surface area contributed by atoms with Crippen molar-refractivity contribution < 1.29 is 19.4 Å². The molecule has 0 aliphatic rings. The molecule has 4 heteroatoms. The predicted octanol–water partition coefficient (Wildman–Crippen LogP) is 3.87. The quantitative estimate of drug-likeness (QED) is 0.701. The van der Waals surface area contributed by atoms with Gasteiger partial charge in [0.25, 0.3) is 0 Å². The van der Waals surface area contributed by atoms with Crippen molar-refractivity contribution in [1.29, 1.82) is 0 Å². The zero-order valence-corrected chi connectivity index (χ0v) is 10.9. The van der Waals surface area contributed by atoms with Crippen molar-refractivity contribution in [3.63, 3.8) is 0 Å². The van der Waals surface area contributed by atoms with Crippen LogP contribution in [0.4, 0.5) is 4.39 Å². The van der Waals surface area contributed by atoms with Gasteiger partial charge in [0.05, 0.1) is 0 Å². The van der Waals surface area contributed by atoms with E-state index in [9.17, 15) is 19.4 Å². The Morgan fingerprint density at radius 3 is 2.43 bits per heavy atom. The van der Waals surface area contributed by atoms with Gasteiger partial charge in [0.15, 0.2) is 17.9 Å². The summed E-state index contributed by atoms with van der Waals surface area (Å²) in [5.74, 6) is -1.06. The second-order valence-electron chi connectivity index (χ2n) is 4.75. The van der Waals surface area contributed by atoms with Crippen molar-refractivity contribution in [3.8, 4) is 22.6 Å². The van der Waals surface area contributed by atoms with E-state index in [1.165, 1.54) is 24.3 Å². The second-order valence-corrected chi connectivity index (χ2v) is 4.75. The van der Waals surface area contributed by atoms with Crippen LogP contribution >= 0.6 is 0 Å². The molecule has 0 aromatic heterocycles. The van der Waals surface area contributed by atoms with E-state index in [-0.39, 0.29) is 5.75 Å². The maximum atomic E-state index is 13.5. The lowest BCUT2D eigenvalue weighted by Gasteiger charge is -2.08. The molecule has 3 aromatic carbocycles. The van der Waals surface area contributed by atoms with Gasteiger partial charge in [-0.05, 0) is 58.3 Å². The lowest BCUT2D eigenvalue weighted by molar-refractivity contribution is 0.112. The fraction of sp³-hybridized carbons (Fsp3) is 0. The first kappa shape index (κ1) is 13.1. The van der Waals surface area contributed by atoms with Gasteiger partial charge in [0, 0.05) is 5.56 Å². The minimum absolute atomic E-state index is 0.0778. The summed E-state index contributed by atoms with van der Waals surface area (Å²) >= 11 is 0. The summed E-state index contributed by atoms with van der Waals surface area (Å²) in [6.45, 7) is 0. The van der Waals surface area contributed by atoms with Gasteiger partial charge < -0.3 is 10.2 Å². The first-order chi connectivity index (χ1) is 10.1. The standard InChI is InChI=1S/C17H11FO3/c18-16-7-10(2-4-17(16)21)12-5-11-1-3-14(20)8-15(11)13(6-12)9-19/h1-9,20-21H. The number of aldehydes is 1. The van der Waals surface area contributed by atoms with E-state index in [0.717, 1.165) is 5.39 Å². The van der Waals surface area contributed by atoms with E-state index in [2.05, 4.69) is 0 Å². The summed E-state index contributed by atoms with van der Waals surface area (Å²) in [6.07, 6.45) is 0.696. The number of phenols is 2. The minimum atomic E-state index is -0.717. The molecular weight excluding hydrogens is 271 g/mol. The summed E-state index contributed by atoms with van der Waals surface area (Å²) < 4.78 is 13.5. The Kier molecular flexibility index (Phi) is 3.06. The van der Waals surface area contributed by atoms with Gasteiger partial charge in [-0.2, -0.15) is 0 Å². The topological polar surface area (TPSA) is 57.5 Å². The minimum Gasteiger partial charge on any atom is -0.508 e. The molecule has 0 fully saturated rings. The van der Waals surface area contributed by atoms with Crippen LogP contribution in [-0.2, 0) is 0 Å². The Labute approximate surface area is 119 Å². The summed E-state index contributed by atoms with van der Waals surface area (Å²) in [7, 11) is 0. The Balaban J connectivity index is 2.26. The highest BCUT2D eigenvalue weighted by Gasteiger charge is 2.08. The van der Waals surface area contributed by atoms with Crippen LogP contribution in [0.5, 0.6) is 11.5 Å². The summed E-state index contributed by atoms with van der Waals surface area (Å²) in [5, 5.41) is 20.1. The van der Waals surface area contributed by atoms with Crippen molar-refractivity contribution in [2.45, 2.75) is 0 Å². The molecule has 3 rings (SSSR count). The second kappa shape index (κ2) is 4.90. The normalized spacial score (nSPS) is 10.7. The number of rotatable bonds is 2. The number of halogens is 1. The number of hydrogen-bond donors (Lipinski definition) is 2. The molecule has 0 unspecified atom stereocenters. The Morgan fingerprint density at radius 1 is 0.905 bits per heavy atom. The fourth-order valence-corrected chi connectivity index (χ4v) is 2.33. The fourth-order valence-electron chi connectivity index (χ4n) is 2.33. The molecule has 104 valence electrons. The lowest BCUT2D eigenvalue weighted by atomic mass is 9.97. The van der Waals surface area contributed by atoms with Crippen LogP contribution < -0.4 is 0 Å². The molecule has 0 spiro atoms. The van der Waals surface area contributed by atoms with Crippen LogP contribution in [0.3, 0.4) is 0 Å². The third-order valence-corrected chi connectivity index (χ3v) is 3.38. The number of aromatic hydroxyl groups is 2. The third-order valence-electron chi connectivity index (χ3n) is 3.38. The van der Waals surface area contributed by atoms with Crippen LogP contribution in [0.1, 0.15) is 10.4 Å². The van der Waals surface area contributed by atoms with E-state index in [0.29, 0.717) is 28.4 Å². The number of benzene rings is 3. The first-order valence-corrected chi connectivity index (χ1v) is 6.29. The molecule has 0 saturated heterocycles. The highest BCUT2D eigenvalue weighted by atomic mass is 19.1. The van der Waals surface area contributed by atoms with Gasteiger partial charge in [-0.15, -0.1) is 0 Å². The van der Waals surface area contributed by atoms with Crippen molar-refractivity contribution in [1.82, 2.24) is 0 Å². The molecule has 3 nitrogen and oxygen atoms in total. The Morgan fingerprint density at radius 2 is 1.71 bits per heavy atom. The molecule has 0 amide bonds. The van der Waals surface area contributed by atoms with Gasteiger partial charge in [0.2, 0.25) is 0 Å². The summed E-state index contributed by atoms with van der Waals surface area (Å²) in [4.78, 5) is 11.2. The average Bonchev–Trinajstić information content (AvgIpc) is 2.49. The molecule has 0 aliphatic heterocycles. The Hall–Kier alpha value is -2.88. The number of carbonyl (C=O) groups excluding carboxylic acids is 1. The first-order valence-electron chi connectivity index (χ1n) is 6.29. The number of phenolic OH excluding ortho intramolecular Hbond substituents is 2. The van der Waals surface area contributed by atoms with Crippen LogP contribution in [0.25, 0.3) is 21.9 Å². The molecule has 3 aromatic rings. The van der Waals surface area contributed by atoms with Gasteiger partial charge in [-0.1, -0.05) is 12.1 Å². The summed E-state index contributed by atoms with van der Waals surface area (Å²) in [5.41, 5.74) is 1.63. The van der Waals surface area contributed by atoms with E-state index in [1.54, 1.807) is 24.3 Å². The SMILES string of the molecule is O=Cc1cc(-c2ccc(O)c(F)c2)cc2ccc(O)cc12. The highest BCUT2D eigenvalue weighted by Crippen LogP contribution is 2.31. The molecule has 0 radical (unpaired) electrons. The largest absolute Gasteiger partial charge is 0.508 e. The number of fused-ring (bicyclic) bond motifs is 1. The van der Waals surface area contributed by atoms with Crippen molar-refractivity contribution >= 4 is 17.1 Å². The molecule has 2 N–H and O–H groups in total. The maximum absolute atomic E-state index is 13.5. The van der Waals surface area contributed by atoms with E-state index >= 15 is 0 Å². The average molecular weight is 282 g/mol. The molecule has 0 aliphatic carbocycles. The molecule has 0 atom stereocenters. The van der Waals surface area contributed by atoms with Crippen molar-refractivity contribution in [2.75, 3.05) is 0 Å². The zero-order valence-electron chi connectivity index (χ0n) is 10.9. The zero-order chi connectivity index (χ0) is 15.0. The van der Waals surface area contributed by atoms with E-state index < -0.39 is 11.6 Å². The van der Waals surface area contributed by atoms with Crippen LogP contribution in [0.15, 0.2) is 48.5 Å². The van der Waals surface area contributed by atoms with Crippen LogP contribution in [-0.4, -0.2) is 16.5 Å². The van der Waals surface area contributed by atoms with Gasteiger partial charge in [0.1, 0.15) is 5.75 Å². The van der Waals surface area contributed by atoms with Gasteiger partial charge >= 0.3 is 0 Å². The molecule has 0 bridgehead atoms. The molecule has 21 heavy (non-hydrogen) atoms.